The summed E-state index contributed by atoms with van der Waals surface area (Å²) in [7, 11) is 1.60. The van der Waals surface area contributed by atoms with E-state index in [9.17, 15) is 9.90 Å². The lowest BCUT2D eigenvalue weighted by molar-refractivity contribution is -0.129. The maximum atomic E-state index is 12.1. The monoisotopic (exact) mass is 405 g/mol. The number of aliphatic hydroxyl groups excluding tert-OH is 1. The van der Waals surface area contributed by atoms with Gasteiger partial charge >= 0.3 is 0 Å². The minimum Gasteiger partial charge on any atom is -0.493 e. The van der Waals surface area contributed by atoms with Crippen LogP contribution in [0.2, 0.25) is 5.02 Å². The third-order valence-corrected chi connectivity index (χ3v) is 4.48. The van der Waals surface area contributed by atoms with Crippen molar-refractivity contribution in [2.24, 2.45) is 0 Å². The third kappa shape index (κ3) is 7.06. The van der Waals surface area contributed by atoms with Crippen LogP contribution in [0.4, 0.5) is 0 Å². The molecule has 5 nitrogen and oxygen atoms in total. The number of amides is 1. The highest BCUT2D eigenvalue weighted by Gasteiger charge is 2.14. The van der Waals surface area contributed by atoms with Crippen LogP contribution in [0.15, 0.2) is 42.5 Å². The van der Waals surface area contributed by atoms with Crippen molar-refractivity contribution in [3.8, 4) is 11.5 Å². The van der Waals surface area contributed by atoms with Gasteiger partial charge in [0.1, 0.15) is 6.10 Å². The minimum absolute atomic E-state index is 0.0633. The molecular weight excluding hydrogens is 378 g/mol. The first kappa shape index (κ1) is 22.1. The molecular formula is C22H28ClNO4. The van der Waals surface area contributed by atoms with Crippen LogP contribution in [0.1, 0.15) is 31.4 Å². The Balaban J connectivity index is 1.78. The Morgan fingerprint density at radius 1 is 1.07 bits per heavy atom. The first-order chi connectivity index (χ1) is 13.4. The molecule has 2 aromatic rings. The Labute approximate surface area is 171 Å². The number of benzene rings is 2. The second-order valence-electron chi connectivity index (χ2n) is 6.87. The van der Waals surface area contributed by atoms with E-state index in [0.717, 1.165) is 11.1 Å². The zero-order valence-corrected chi connectivity index (χ0v) is 17.3. The van der Waals surface area contributed by atoms with Crippen molar-refractivity contribution in [3.05, 3.63) is 58.6 Å². The summed E-state index contributed by atoms with van der Waals surface area (Å²) in [4.78, 5) is 12.1. The second-order valence-corrected chi connectivity index (χ2v) is 7.31. The highest BCUT2D eigenvalue weighted by molar-refractivity contribution is 6.30. The summed E-state index contributed by atoms with van der Waals surface area (Å²) < 4.78 is 11.1. The maximum absolute atomic E-state index is 12.1. The zero-order valence-electron chi connectivity index (χ0n) is 16.6. The molecule has 0 spiro atoms. The Hall–Kier alpha value is -2.24. The first-order valence-corrected chi connectivity index (χ1v) is 9.80. The number of hydrogen-bond acceptors (Lipinski definition) is 4. The SMILES string of the molecule is COc1cc(CCNC(=O)[C@H](O)CCc2ccc(Cl)cc2)ccc1OC(C)C. The van der Waals surface area contributed by atoms with Gasteiger partial charge in [0, 0.05) is 11.6 Å². The Bertz CT molecular complexity index is 762. The van der Waals surface area contributed by atoms with Gasteiger partial charge in [-0.15, -0.1) is 0 Å². The lowest BCUT2D eigenvalue weighted by Crippen LogP contribution is -2.36. The van der Waals surface area contributed by atoms with E-state index in [-0.39, 0.29) is 12.0 Å². The van der Waals surface area contributed by atoms with Crippen LogP contribution in [0.25, 0.3) is 0 Å². The van der Waals surface area contributed by atoms with E-state index < -0.39 is 6.10 Å². The number of carbonyl (C=O) groups excluding carboxylic acids is 1. The van der Waals surface area contributed by atoms with Gasteiger partial charge in [-0.25, -0.2) is 0 Å². The molecule has 0 radical (unpaired) electrons. The fourth-order valence-electron chi connectivity index (χ4n) is 2.75. The smallest absolute Gasteiger partial charge is 0.248 e. The van der Waals surface area contributed by atoms with E-state index in [2.05, 4.69) is 5.32 Å². The van der Waals surface area contributed by atoms with Gasteiger partial charge in [-0.05, 0) is 68.5 Å². The van der Waals surface area contributed by atoms with Crippen molar-refractivity contribution in [2.75, 3.05) is 13.7 Å². The highest BCUT2D eigenvalue weighted by atomic mass is 35.5. The molecule has 2 N–H and O–H groups in total. The van der Waals surface area contributed by atoms with Crippen molar-refractivity contribution in [1.29, 1.82) is 0 Å². The molecule has 0 heterocycles. The molecule has 1 amide bonds. The summed E-state index contributed by atoms with van der Waals surface area (Å²) in [5.41, 5.74) is 2.05. The van der Waals surface area contributed by atoms with Gasteiger partial charge in [0.05, 0.1) is 13.2 Å². The van der Waals surface area contributed by atoms with E-state index >= 15 is 0 Å². The molecule has 28 heavy (non-hydrogen) atoms. The number of aryl methyl sites for hydroxylation is 1. The number of hydrogen-bond donors (Lipinski definition) is 2. The Morgan fingerprint density at radius 2 is 1.75 bits per heavy atom. The summed E-state index contributed by atoms with van der Waals surface area (Å²) in [5.74, 6) is 1.00. The van der Waals surface area contributed by atoms with Crippen LogP contribution in [0, 0.1) is 0 Å². The fraction of sp³-hybridized carbons (Fsp3) is 0.409. The van der Waals surface area contributed by atoms with Crippen molar-refractivity contribution < 1.29 is 19.4 Å². The summed E-state index contributed by atoms with van der Waals surface area (Å²) in [5, 5.41) is 13.5. The number of carbonyl (C=O) groups is 1. The molecule has 0 aliphatic carbocycles. The normalized spacial score (nSPS) is 11.9. The molecule has 0 saturated heterocycles. The third-order valence-electron chi connectivity index (χ3n) is 4.23. The number of aliphatic hydroxyl groups is 1. The lowest BCUT2D eigenvalue weighted by atomic mass is 10.1. The maximum Gasteiger partial charge on any atom is 0.248 e. The van der Waals surface area contributed by atoms with Gasteiger partial charge in [0.15, 0.2) is 11.5 Å². The number of halogens is 1. The van der Waals surface area contributed by atoms with Crippen molar-refractivity contribution in [3.63, 3.8) is 0 Å². The van der Waals surface area contributed by atoms with Gasteiger partial charge in [-0.1, -0.05) is 29.8 Å². The summed E-state index contributed by atoms with van der Waals surface area (Å²) >= 11 is 5.85. The van der Waals surface area contributed by atoms with E-state index in [1.807, 2.05) is 44.2 Å². The van der Waals surface area contributed by atoms with E-state index in [0.29, 0.717) is 42.3 Å². The minimum atomic E-state index is -1.04. The van der Waals surface area contributed by atoms with Gasteiger partial charge in [-0.3, -0.25) is 4.79 Å². The van der Waals surface area contributed by atoms with Crippen LogP contribution < -0.4 is 14.8 Å². The lowest BCUT2D eigenvalue weighted by Gasteiger charge is -2.15. The molecule has 0 aliphatic rings. The van der Waals surface area contributed by atoms with E-state index in [1.165, 1.54) is 0 Å². The fourth-order valence-corrected chi connectivity index (χ4v) is 2.88. The molecule has 6 heteroatoms. The van der Waals surface area contributed by atoms with Crippen LogP contribution >= 0.6 is 11.6 Å². The quantitative estimate of drug-likeness (QED) is 0.631. The molecule has 0 saturated carbocycles. The van der Waals surface area contributed by atoms with Gasteiger partial charge in [0.25, 0.3) is 0 Å². The summed E-state index contributed by atoms with van der Waals surface area (Å²) in [6, 6.07) is 13.1. The number of nitrogens with one attached hydrogen (secondary N) is 1. The first-order valence-electron chi connectivity index (χ1n) is 9.43. The van der Waals surface area contributed by atoms with Crippen LogP contribution in [-0.2, 0) is 17.6 Å². The number of rotatable bonds is 10. The Kier molecular flexibility index (Phi) is 8.61. The van der Waals surface area contributed by atoms with E-state index in [1.54, 1.807) is 19.2 Å². The molecule has 0 aromatic heterocycles. The summed E-state index contributed by atoms with van der Waals surface area (Å²) in [6.07, 6.45) is 0.636. The van der Waals surface area contributed by atoms with Crippen LogP contribution in [0.3, 0.4) is 0 Å². The second kappa shape index (κ2) is 10.9. The largest absolute Gasteiger partial charge is 0.493 e. The van der Waals surface area contributed by atoms with Crippen LogP contribution in [-0.4, -0.2) is 36.9 Å². The predicted molar refractivity (Wildman–Crippen MR) is 111 cm³/mol. The number of ether oxygens (including phenoxy) is 2. The van der Waals surface area contributed by atoms with Gasteiger partial charge in [0.2, 0.25) is 5.91 Å². The van der Waals surface area contributed by atoms with Crippen molar-refractivity contribution >= 4 is 17.5 Å². The van der Waals surface area contributed by atoms with Gasteiger partial charge < -0.3 is 19.9 Å². The summed E-state index contributed by atoms with van der Waals surface area (Å²) in [6.45, 7) is 4.35. The molecule has 0 bridgehead atoms. The van der Waals surface area contributed by atoms with Crippen LogP contribution in [0.5, 0.6) is 11.5 Å². The van der Waals surface area contributed by atoms with E-state index in [4.69, 9.17) is 21.1 Å². The molecule has 1 atom stereocenters. The Morgan fingerprint density at radius 3 is 2.39 bits per heavy atom. The topological polar surface area (TPSA) is 67.8 Å². The highest BCUT2D eigenvalue weighted by Crippen LogP contribution is 2.29. The van der Waals surface area contributed by atoms with Crippen molar-refractivity contribution in [1.82, 2.24) is 5.32 Å². The zero-order chi connectivity index (χ0) is 20.5. The average Bonchev–Trinajstić information content (AvgIpc) is 2.67. The molecule has 152 valence electrons. The van der Waals surface area contributed by atoms with Crippen molar-refractivity contribution in [2.45, 2.75) is 45.3 Å². The standard InChI is InChI=1S/C22H28ClNO4/c1-15(2)28-20-11-7-17(14-21(20)27-3)12-13-24-22(26)19(25)10-6-16-4-8-18(23)9-5-16/h4-5,7-9,11,14-15,19,25H,6,10,12-13H2,1-3H3,(H,24,26)/t19-/m1/s1. The number of methoxy groups -OCH3 is 1. The molecule has 2 rings (SSSR count). The molecule has 2 aromatic carbocycles. The van der Waals surface area contributed by atoms with Gasteiger partial charge in [-0.2, -0.15) is 0 Å². The average molecular weight is 406 g/mol. The molecule has 0 fully saturated rings. The molecule has 0 unspecified atom stereocenters. The predicted octanol–water partition coefficient (Wildman–Crippen LogP) is 3.79. The molecule has 0 aliphatic heterocycles.